The highest BCUT2D eigenvalue weighted by atomic mass is 32.2. The molecule has 0 spiro atoms. The SMILES string of the molecule is CCSc1nnc(NC(=O)[C@@H]2CCCCN2C2=NS(=O)(=O)c3ccccc32)s1. The fourth-order valence-electron chi connectivity index (χ4n) is 3.38. The van der Waals surface area contributed by atoms with Crippen LogP contribution in [-0.4, -0.2) is 53.6 Å². The molecule has 0 bridgehead atoms. The molecule has 1 amide bonds. The van der Waals surface area contributed by atoms with Gasteiger partial charge in [0.1, 0.15) is 10.9 Å². The summed E-state index contributed by atoms with van der Waals surface area (Å²) in [7, 11) is -3.72. The summed E-state index contributed by atoms with van der Waals surface area (Å²) in [5, 5.41) is 11.4. The van der Waals surface area contributed by atoms with E-state index in [1.54, 1.807) is 36.0 Å². The molecule has 1 fully saturated rings. The summed E-state index contributed by atoms with van der Waals surface area (Å²) in [6.07, 6.45) is 2.40. The molecule has 0 unspecified atom stereocenters. The van der Waals surface area contributed by atoms with E-state index >= 15 is 0 Å². The van der Waals surface area contributed by atoms with E-state index in [-0.39, 0.29) is 10.8 Å². The number of amidine groups is 1. The minimum absolute atomic E-state index is 0.195. The van der Waals surface area contributed by atoms with Crippen molar-refractivity contribution in [2.45, 2.75) is 41.5 Å². The molecule has 1 N–H and O–H groups in total. The number of nitrogens with zero attached hydrogens (tertiary/aromatic N) is 4. The largest absolute Gasteiger partial charge is 0.343 e. The van der Waals surface area contributed by atoms with E-state index in [0.717, 1.165) is 22.9 Å². The molecule has 2 aliphatic heterocycles. The number of benzene rings is 1. The van der Waals surface area contributed by atoms with E-state index in [0.29, 0.717) is 29.5 Å². The maximum Gasteiger partial charge on any atom is 0.285 e. The minimum Gasteiger partial charge on any atom is -0.343 e. The molecular formula is C17H19N5O3S3. The summed E-state index contributed by atoms with van der Waals surface area (Å²) in [5.41, 5.74) is 0.555. The van der Waals surface area contributed by atoms with Crippen LogP contribution in [-0.2, 0) is 14.8 Å². The summed E-state index contributed by atoms with van der Waals surface area (Å²) >= 11 is 2.90. The normalized spacial score (nSPS) is 20.5. The van der Waals surface area contributed by atoms with E-state index in [1.807, 2.05) is 11.8 Å². The van der Waals surface area contributed by atoms with Crippen LogP contribution in [0.25, 0.3) is 0 Å². The third-order valence-electron chi connectivity index (χ3n) is 4.59. The molecule has 1 aromatic carbocycles. The first-order valence-electron chi connectivity index (χ1n) is 8.98. The molecule has 2 aliphatic rings. The predicted octanol–water partition coefficient (Wildman–Crippen LogP) is 2.59. The van der Waals surface area contributed by atoms with Crippen molar-refractivity contribution in [3.63, 3.8) is 0 Å². The van der Waals surface area contributed by atoms with Gasteiger partial charge < -0.3 is 4.90 Å². The molecule has 4 rings (SSSR count). The summed E-state index contributed by atoms with van der Waals surface area (Å²) in [6.45, 7) is 2.60. The van der Waals surface area contributed by atoms with Crippen molar-refractivity contribution in [2.75, 3.05) is 17.6 Å². The van der Waals surface area contributed by atoms with E-state index in [2.05, 4.69) is 19.9 Å². The van der Waals surface area contributed by atoms with Gasteiger partial charge in [0.25, 0.3) is 10.0 Å². The average molecular weight is 438 g/mol. The number of likely N-dealkylation sites (tertiary alicyclic amines) is 1. The van der Waals surface area contributed by atoms with E-state index in [9.17, 15) is 13.2 Å². The zero-order valence-corrected chi connectivity index (χ0v) is 17.6. The van der Waals surface area contributed by atoms with Crippen molar-refractivity contribution in [1.29, 1.82) is 0 Å². The van der Waals surface area contributed by atoms with Gasteiger partial charge in [-0.1, -0.05) is 42.2 Å². The summed E-state index contributed by atoms with van der Waals surface area (Å²) < 4.78 is 29.6. The number of nitrogens with one attached hydrogen (secondary N) is 1. The van der Waals surface area contributed by atoms with E-state index in [1.165, 1.54) is 11.3 Å². The molecule has 148 valence electrons. The number of piperidine rings is 1. The third-order valence-corrected chi connectivity index (χ3v) is 7.77. The molecule has 0 radical (unpaired) electrons. The van der Waals surface area contributed by atoms with Gasteiger partial charge in [0, 0.05) is 12.1 Å². The second-order valence-electron chi connectivity index (χ2n) is 6.39. The quantitative estimate of drug-likeness (QED) is 0.579. The Morgan fingerprint density at radius 1 is 1.32 bits per heavy atom. The van der Waals surface area contributed by atoms with Gasteiger partial charge >= 0.3 is 0 Å². The summed E-state index contributed by atoms with van der Waals surface area (Å²) in [4.78, 5) is 15.0. The molecule has 2 aromatic rings. The molecule has 1 aromatic heterocycles. The van der Waals surface area contributed by atoms with E-state index in [4.69, 9.17) is 0 Å². The number of hydrogen-bond donors (Lipinski definition) is 1. The standard InChI is InChI=1S/C17H19N5O3S3/c1-2-26-17-20-19-16(27-17)18-15(23)12-8-5-6-10-22(12)14-11-7-3-4-9-13(11)28(24,25)21-14/h3-4,7,9,12H,2,5-6,8,10H2,1H3,(H,18,19,23)/t12-/m0/s1. The fourth-order valence-corrected chi connectivity index (χ4v) is 6.25. The number of hydrogen-bond acceptors (Lipinski definition) is 8. The molecule has 8 nitrogen and oxygen atoms in total. The number of thioether (sulfide) groups is 1. The zero-order valence-electron chi connectivity index (χ0n) is 15.2. The predicted molar refractivity (Wildman–Crippen MR) is 109 cm³/mol. The van der Waals surface area contributed by atoms with Crippen LogP contribution in [0, 0.1) is 0 Å². The van der Waals surface area contributed by atoms with Crippen LogP contribution in [0.3, 0.4) is 0 Å². The van der Waals surface area contributed by atoms with Crippen molar-refractivity contribution in [1.82, 2.24) is 15.1 Å². The number of rotatable bonds is 4. The van der Waals surface area contributed by atoms with Gasteiger partial charge in [0.15, 0.2) is 10.2 Å². The van der Waals surface area contributed by atoms with Gasteiger partial charge in [-0.05, 0) is 37.1 Å². The lowest BCUT2D eigenvalue weighted by molar-refractivity contribution is -0.120. The number of fused-ring (bicyclic) bond motifs is 1. The van der Waals surface area contributed by atoms with Crippen molar-refractivity contribution >= 4 is 50.0 Å². The smallest absolute Gasteiger partial charge is 0.285 e. The molecular weight excluding hydrogens is 418 g/mol. The Balaban J connectivity index is 1.59. The highest BCUT2D eigenvalue weighted by Gasteiger charge is 2.38. The first-order valence-corrected chi connectivity index (χ1v) is 12.2. The van der Waals surface area contributed by atoms with Crippen molar-refractivity contribution < 1.29 is 13.2 Å². The molecule has 3 heterocycles. The monoisotopic (exact) mass is 437 g/mol. The van der Waals surface area contributed by atoms with Gasteiger partial charge in [0.2, 0.25) is 11.0 Å². The highest BCUT2D eigenvalue weighted by Crippen LogP contribution is 2.31. The first kappa shape index (κ1) is 19.3. The Hall–Kier alpha value is -1.98. The van der Waals surface area contributed by atoms with Gasteiger partial charge in [0.05, 0.1) is 0 Å². The van der Waals surface area contributed by atoms with Crippen LogP contribution < -0.4 is 5.32 Å². The van der Waals surface area contributed by atoms with E-state index < -0.39 is 16.1 Å². The first-order chi connectivity index (χ1) is 13.5. The number of anilines is 1. The number of carbonyl (C=O) groups excluding carboxylic acids is 1. The fraction of sp³-hybridized carbons (Fsp3) is 0.412. The maximum absolute atomic E-state index is 12.9. The van der Waals surface area contributed by atoms with Crippen LogP contribution in [0.1, 0.15) is 31.7 Å². The van der Waals surface area contributed by atoms with Gasteiger partial charge in [-0.2, -0.15) is 8.42 Å². The van der Waals surface area contributed by atoms with Crippen LogP contribution in [0.15, 0.2) is 37.9 Å². The van der Waals surface area contributed by atoms with Gasteiger partial charge in [-0.25, -0.2) is 0 Å². The average Bonchev–Trinajstić information content (AvgIpc) is 3.24. The Morgan fingerprint density at radius 3 is 2.96 bits per heavy atom. The summed E-state index contributed by atoms with van der Waals surface area (Å²) in [5.74, 6) is 1.02. The van der Waals surface area contributed by atoms with Crippen LogP contribution in [0.2, 0.25) is 0 Å². The van der Waals surface area contributed by atoms with Crippen molar-refractivity contribution in [3.8, 4) is 0 Å². The number of sulfonamides is 1. The molecule has 1 atom stereocenters. The lowest BCUT2D eigenvalue weighted by Gasteiger charge is -2.35. The second-order valence-corrected chi connectivity index (χ2v) is 10.4. The third kappa shape index (κ3) is 3.65. The number of aromatic nitrogens is 2. The van der Waals surface area contributed by atoms with Crippen molar-refractivity contribution in [3.05, 3.63) is 29.8 Å². The second kappa shape index (κ2) is 7.80. The topological polar surface area (TPSA) is 105 Å². The maximum atomic E-state index is 12.9. The molecule has 0 saturated carbocycles. The minimum atomic E-state index is -3.72. The Kier molecular flexibility index (Phi) is 5.39. The molecule has 0 aliphatic carbocycles. The number of carbonyl (C=O) groups is 1. The lowest BCUT2D eigenvalue weighted by Crippen LogP contribution is -2.50. The Morgan fingerprint density at radius 2 is 2.14 bits per heavy atom. The molecule has 28 heavy (non-hydrogen) atoms. The Labute approximate surface area is 171 Å². The molecule has 1 saturated heterocycles. The van der Waals surface area contributed by atoms with Crippen LogP contribution >= 0.6 is 23.1 Å². The molecule has 11 heteroatoms. The highest BCUT2D eigenvalue weighted by molar-refractivity contribution is 8.01. The Bertz CT molecular complexity index is 1030. The van der Waals surface area contributed by atoms with Crippen molar-refractivity contribution in [2.24, 2.45) is 4.40 Å². The van der Waals surface area contributed by atoms with Crippen LogP contribution in [0.4, 0.5) is 5.13 Å². The lowest BCUT2D eigenvalue weighted by atomic mass is 10.00. The van der Waals surface area contributed by atoms with Crippen LogP contribution in [0.5, 0.6) is 0 Å². The number of amides is 1. The summed E-state index contributed by atoms with van der Waals surface area (Å²) in [6, 6.07) is 6.24. The van der Waals surface area contributed by atoms with Gasteiger partial charge in [-0.3, -0.25) is 10.1 Å². The zero-order chi connectivity index (χ0) is 19.7. The van der Waals surface area contributed by atoms with Gasteiger partial charge in [-0.15, -0.1) is 14.6 Å².